The Morgan fingerprint density at radius 3 is 2.33 bits per heavy atom. The quantitative estimate of drug-likeness (QED) is 0.626. The Labute approximate surface area is 57.4 Å². The maximum Gasteiger partial charge on any atom is 0.226 e. The molecular weight excluding hydrogens is 134 g/mol. The first-order chi connectivity index (χ1) is 3.98. The summed E-state index contributed by atoms with van der Waals surface area (Å²) in [4.78, 5) is 10.4. The molecular formula is C6H13NOS. The normalized spacial score (nSPS) is 12.7. The summed E-state index contributed by atoms with van der Waals surface area (Å²) in [6, 6.07) is 0. The molecule has 0 aliphatic heterocycles. The van der Waals surface area contributed by atoms with Crippen molar-refractivity contribution in [1.29, 1.82) is 0 Å². The molecule has 0 aromatic heterocycles. The molecule has 2 N–H and O–H groups in total. The third-order valence-corrected chi connectivity index (χ3v) is 2.90. The molecule has 0 atom stereocenters. The predicted octanol–water partition coefficient (Wildman–Crippen LogP) is 0.679. The Bertz CT molecular complexity index is 131. The van der Waals surface area contributed by atoms with Gasteiger partial charge in [-0.2, -0.15) is 0 Å². The summed E-state index contributed by atoms with van der Waals surface area (Å²) in [6.45, 7) is 3.61. The minimum Gasteiger partial charge on any atom is -0.369 e. The molecule has 0 saturated heterocycles. The Morgan fingerprint density at radius 1 is 1.78 bits per heavy atom. The van der Waals surface area contributed by atoms with Crippen molar-refractivity contribution in [1.82, 2.24) is 0 Å². The van der Waals surface area contributed by atoms with Gasteiger partial charge in [0, 0.05) is 0 Å². The van der Waals surface area contributed by atoms with Crippen LogP contribution in [0.4, 0.5) is 0 Å². The standard InChI is InChI=1S/C6H13NOS/c1-4-9(2,3)5-6(7)8/h4H,1,5H2,2-3H3,(H2,7,8). The van der Waals surface area contributed by atoms with Gasteiger partial charge >= 0.3 is 0 Å². The van der Waals surface area contributed by atoms with Crippen LogP contribution in [0, 0.1) is 0 Å². The zero-order valence-corrected chi connectivity index (χ0v) is 6.70. The molecule has 3 heteroatoms. The van der Waals surface area contributed by atoms with E-state index in [2.05, 4.69) is 6.58 Å². The van der Waals surface area contributed by atoms with Crippen LogP contribution in [0.5, 0.6) is 0 Å². The molecule has 0 fully saturated rings. The molecule has 9 heavy (non-hydrogen) atoms. The Morgan fingerprint density at radius 2 is 2.22 bits per heavy atom. The number of amides is 1. The molecule has 0 radical (unpaired) electrons. The summed E-state index contributed by atoms with van der Waals surface area (Å²) in [5.74, 6) is 0.214. The predicted molar refractivity (Wildman–Crippen MR) is 43.7 cm³/mol. The van der Waals surface area contributed by atoms with Gasteiger partial charge in [0.2, 0.25) is 5.91 Å². The molecule has 0 unspecified atom stereocenters. The highest BCUT2D eigenvalue weighted by molar-refractivity contribution is 8.35. The number of nitrogens with two attached hydrogens (primary N) is 1. The van der Waals surface area contributed by atoms with E-state index in [-0.39, 0.29) is 5.91 Å². The van der Waals surface area contributed by atoms with Crippen molar-refractivity contribution in [3.63, 3.8) is 0 Å². The molecule has 1 amide bonds. The summed E-state index contributed by atoms with van der Waals surface area (Å²) in [5, 5.41) is 1.82. The van der Waals surface area contributed by atoms with Gasteiger partial charge in [0.25, 0.3) is 0 Å². The van der Waals surface area contributed by atoms with Crippen LogP contribution in [0.1, 0.15) is 0 Å². The van der Waals surface area contributed by atoms with E-state index in [1.165, 1.54) is 0 Å². The largest absolute Gasteiger partial charge is 0.369 e. The molecule has 54 valence electrons. The lowest BCUT2D eigenvalue weighted by molar-refractivity contribution is -0.115. The van der Waals surface area contributed by atoms with Crippen molar-refractivity contribution in [2.24, 2.45) is 5.73 Å². The third-order valence-electron chi connectivity index (χ3n) is 0.965. The average Bonchev–Trinajstić information content (AvgIpc) is 1.63. The van der Waals surface area contributed by atoms with E-state index < -0.39 is 10.0 Å². The Hall–Kier alpha value is -0.440. The second kappa shape index (κ2) is 2.92. The first-order valence-corrected chi connectivity index (χ1v) is 5.28. The van der Waals surface area contributed by atoms with E-state index in [0.29, 0.717) is 5.75 Å². The van der Waals surface area contributed by atoms with Crippen LogP contribution in [0.3, 0.4) is 0 Å². The van der Waals surface area contributed by atoms with Crippen molar-refractivity contribution < 1.29 is 4.79 Å². The Kier molecular flexibility index (Phi) is 2.77. The van der Waals surface area contributed by atoms with Crippen molar-refractivity contribution in [2.75, 3.05) is 18.3 Å². The number of rotatable bonds is 3. The van der Waals surface area contributed by atoms with Crippen LogP contribution in [0.25, 0.3) is 0 Å². The van der Waals surface area contributed by atoms with Crippen LogP contribution >= 0.6 is 10.0 Å². The molecule has 0 aromatic carbocycles. The van der Waals surface area contributed by atoms with Crippen molar-refractivity contribution in [3.8, 4) is 0 Å². The molecule has 0 aromatic rings. The summed E-state index contributed by atoms with van der Waals surface area (Å²) >= 11 is 0. The lowest BCUT2D eigenvalue weighted by Gasteiger charge is -2.23. The number of carbonyl (C=O) groups is 1. The van der Waals surface area contributed by atoms with E-state index in [1.54, 1.807) is 0 Å². The maximum atomic E-state index is 10.4. The van der Waals surface area contributed by atoms with Crippen LogP contribution < -0.4 is 5.73 Å². The molecule has 2 nitrogen and oxygen atoms in total. The van der Waals surface area contributed by atoms with E-state index in [4.69, 9.17) is 5.73 Å². The van der Waals surface area contributed by atoms with E-state index in [0.717, 1.165) is 0 Å². The van der Waals surface area contributed by atoms with Crippen LogP contribution in [0.15, 0.2) is 12.0 Å². The number of hydrogen-bond donors (Lipinski definition) is 1. The second-order valence-corrected chi connectivity index (χ2v) is 6.27. The number of primary amides is 1. The van der Waals surface area contributed by atoms with E-state index in [1.807, 2.05) is 17.9 Å². The lowest BCUT2D eigenvalue weighted by Crippen LogP contribution is -2.18. The zero-order chi connectivity index (χ0) is 7.49. The van der Waals surface area contributed by atoms with Gasteiger partial charge in [0.05, 0.1) is 5.75 Å². The third kappa shape index (κ3) is 4.09. The van der Waals surface area contributed by atoms with Crippen molar-refractivity contribution in [3.05, 3.63) is 12.0 Å². The van der Waals surface area contributed by atoms with E-state index in [9.17, 15) is 4.79 Å². The minimum atomic E-state index is -0.929. The topological polar surface area (TPSA) is 43.1 Å². The fourth-order valence-corrected chi connectivity index (χ4v) is 1.28. The van der Waals surface area contributed by atoms with Gasteiger partial charge in [-0.3, -0.25) is 4.79 Å². The first kappa shape index (κ1) is 8.56. The molecule has 0 bridgehead atoms. The highest BCUT2D eigenvalue weighted by Gasteiger charge is 2.08. The van der Waals surface area contributed by atoms with Gasteiger partial charge in [-0.05, 0) is 12.5 Å². The van der Waals surface area contributed by atoms with Gasteiger partial charge in [-0.25, -0.2) is 10.0 Å². The summed E-state index contributed by atoms with van der Waals surface area (Å²) < 4.78 is 0. The Balaban J connectivity index is 3.86. The lowest BCUT2D eigenvalue weighted by atomic mass is 10.8. The highest BCUT2D eigenvalue weighted by Crippen LogP contribution is 2.39. The van der Waals surface area contributed by atoms with Gasteiger partial charge in [-0.1, -0.05) is 12.0 Å². The molecule has 0 heterocycles. The van der Waals surface area contributed by atoms with E-state index >= 15 is 0 Å². The zero-order valence-electron chi connectivity index (χ0n) is 5.89. The SMILES string of the molecule is C=CS(C)(C)CC(N)=O. The van der Waals surface area contributed by atoms with Gasteiger partial charge in [0.1, 0.15) is 0 Å². The number of hydrogen-bond acceptors (Lipinski definition) is 1. The van der Waals surface area contributed by atoms with Crippen molar-refractivity contribution in [2.45, 2.75) is 0 Å². The van der Waals surface area contributed by atoms with Crippen LogP contribution in [-0.2, 0) is 4.79 Å². The molecule has 0 aliphatic rings. The molecule has 0 spiro atoms. The van der Waals surface area contributed by atoms with Crippen molar-refractivity contribution >= 4 is 15.9 Å². The minimum absolute atomic E-state index is 0.241. The van der Waals surface area contributed by atoms with Gasteiger partial charge in [-0.15, -0.1) is 0 Å². The summed E-state index contributed by atoms with van der Waals surface area (Å²) in [6.07, 6.45) is 4.01. The summed E-state index contributed by atoms with van der Waals surface area (Å²) in [7, 11) is -0.929. The van der Waals surface area contributed by atoms with Gasteiger partial charge in [0.15, 0.2) is 0 Å². The molecule has 0 saturated carbocycles. The van der Waals surface area contributed by atoms with Gasteiger partial charge < -0.3 is 5.73 Å². The molecule has 0 aliphatic carbocycles. The van der Waals surface area contributed by atoms with Crippen LogP contribution in [-0.4, -0.2) is 24.2 Å². The second-order valence-electron chi connectivity index (χ2n) is 2.40. The number of carbonyl (C=O) groups excluding carboxylic acids is 1. The highest BCUT2D eigenvalue weighted by atomic mass is 32.3. The molecule has 0 rings (SSSR count). The smallest absolute Gasteiger partial charge is 0.226 e. The van der Waals surface area contributed by atoms with Crippen LogP contribution in [0.2, 0.25) is 0 Å². The summed E-state index contributed by atoms with van der Waals surface area (Å²) in [5.41, 5.74) is 4.99. The first-order valence-electron chi connectivity index (χ1n) is 2.60. The fourth-order valence-electron chi connectivity index (χ4n) is 0.426. The fraction of sp³-hybridized carbons (Fsp3) is 0.500. The monoisotopic (exact) mass is 147 g/mol. The maximum absolute atomic E-state index is 10.4. The average molecular weight is 147 g/mol.